The highest BCUT2D eigenvalue weighted by atomic mass is 16.7. The Labute approximate surface area is 77.4 Å². The van der Waals surface area contributed by atoms with E-state index >= 15 is 0 Å². The van der Waals surface area contributed by atoms with Gasteiger partial charge in [0, 0.05) is 19.6 Å². The van der Waals surface area contributed by atoms with Crippen LogP contribution in [0.1, 0.15) is 6.92 Å². The summed E-state index contributed by atoms with van der Waals surface area (Å²) in [5.41, 5.74) is 5.44. The number of rotatable bonds is 2. The molecule has 13 heavy (non-hydrogen) atoms. The first-order valence-electron chi connectivity index (χ1n) is 4.36. The van der Waals surface area contributed by atoms with Gasteiger partial charge in [-0.3, -0.25) is 0 Å². The largest absolute Gasteiger partial charge is 0.390 e. The van der Waals surface area contributed by atoms with Crippen molar-refractivity contribution < 1.29 is 19.7 Å². The van der Waals surface area contributed by atoms with E-state index in [1.165, 1.54) is 7.11 Å². The molecule has 0 aromatic rings. The lowest BCUT2D eigenvalue weighted by Gasteiger charge is -2.40. The molecule has 0 bridgehead atoms. The Morgan fingerprint density at radius 1 is 1.38 bits per heavy atom. The minimum Gasteiger partial charge on any atom is -0.390 e. The van der Waals surface area contributed by atoms with E-state index in [-0.39, 0.29) is 12.0 Å². The lowest BCUT2D eigenvalue weighted by Crippen LogP contribution is -2.55. The summed E-state index contributed by atoms with van der Waals surface area (Å²) in [6.45, 7) is 2.10. The Balaban J connectivity index is 2.66. The third-order valence-corrected chi connectivity index (χ3v) is 2.53. The highest BCUT2D eigenvalue weighted by Gasteiger charge is 2.41. The first-order valence-corrected chi connectivity index (χ1v) is 4.36. The molecular formula is C8H17NO4. The first-order chi connectivity index (χ1) is 6.11. The maximum absolute atomic E-state index is 9.58. The summed E-state index contributed by atoms with van der Waals surface area (Å²) in [6, 6.07) is 0. The van der Waals surface area contributed by atoms with Gasteiger partial charge in [-0.05, 0) is 0 Å². The van der Waals surface area contributed by atoms with Crippen LogP contribution in [0, 0.1) is 5.92 Å². The molecule has 78 valence electrons. The van der Waals surface area contributed by atoms with Crippen LogP contribution in [-0.4, -0.2) is 48.5 Å². The van der Waals surface area contributed by atoms with Crippen molar-refractivity contribution in [2.45, 2.75) is 31.5 Å². The number of methoxy groups -OCH3 is 1. The summed E-state index contributed by atoms with van der Waals surface area (Å²) in [7, 11) is 1.42. The van der Waals surface area contributed by atoms with Gasteiger partial charge < -0.3 is 25.4 Å². The molecule has 1 aliphatic heterocycles. The molecule has 0 radical (unpaired) electrons. The molecular weight excluding hydrogens is 174 g/mol. The van der Waals surface area contributed by atoms with Crippen molar-refractivity contribution in [3.05, 3.63) is 0 Å². The molecule has 5 nitrogen and oxygen atoms in total. The van der Waals surface area contributed by atoms with Crippen LogP contribution >= 0.6 is 0 Å². The second-order valence-corrected chi connectivity index (χ2v) is 3.35. The summed E-state index contributed by atoms with van der Waals surface area (Å²) in [4.78, 5) is 0. The summed E-state index contributed by atoms with van der Waals surface area (Å²) < 4.78 is 10.2. The van der Waals surface area contributed by atoms with Gasteiger partial charge >= 0.3 is 0 Å². The molecule has 5 heteroatoms. The molecule has 0 saturated carbocycles. The topological polar surface area (TPSA) is 84.9 Å². The van der Waals surface area contributed by atoms with Gasteiger partial charge in [-0.15, -0.1) is 0 Å². The molecule has 0 amide bonds. The molecule has 4 N–H and O–H groups in total. The molecule has 1 aliphatic rings. The Hall–Kier alpha value is -0.200. The van der Waals surface area contributed by atoms with Crippen LogP contribution < -0.4 is 5.73 Å². The van der Waals surface area contributed by atoms with Crippen molar-refractivity contribution in [3.8, 4) is 0 Å². The van der Waals surface area contributed by atoms with E-state index in [0.717, 1.165) is 0 Å². The van der Waals surface area contributed by atoms with Crippen molar-refractivity contribution in [2.24, 2.45) is 11.7 Å². The molecule has 0 aliphatic carbocycles. The fourth-order valence-electron chi connectivity index (χ4n) is 1.53. The van der Waals surface area contributed by atoms with Crippen LogP contribution in [0.15, 0.2) is 0 Å². The van der Waals surface area contributed by atoms with E-state index < -0.39 is 18.5 Å². The van der Waals surface area contributed by atoms with Gasteiger partial charge in [-0.1, -0.05) is 6.92 Å². The number of nitrogens with two attached hydrogens (primary N) is 1. The van der Waals surface area contributed by atoms with Crippen LogP contribution in [0.3, 0.4) is 0 Å². The fraction of sp³-hybridized carbons (Fsp3) is 1.00. The van der Waals surface area contributed by atoms with Crippen LogP contribution in [0.5, 0.6) is 0 Å². The molecule has 1 saturated heterocycles. The van der Waals surface area contributed by atoms with Gasteiger partial charge in [-0.2, -0.15) is 0 Å². The lowest BCUT2D eigenvalue weighted by molar-refractivity contribution is -0.273. The first kappa shape index (κ1) is 10.9. The zero-order chi connectivity index (χ0) is 10.0. The second kappa shape index (κ2) is 4.34. The molecule has 1 rings (SSSR count). The van der Waals surface area contributed by atoms with Crippen LogP contribution in [0.25, 0.3) is 0 Å². The van der Waals surface area contributed by atoms with Gasteiger partial charge in [0.05, 0.1) is 12.2 Å². The van der Waals surface area contributed by atoms with Gasteiger partial charge in [-0.25, -0.2) is 0 Å². The molecule has 0 aromatic heterocycles. The van der Waals surface area contributed by atoms with Crippen LogP contribution in [0.4, 0.5) is 0 Å². The number of hydrogen-bond donors (Lipinski definition) is 3. The van der Waals surface area contributed by atoms with E-state index in [9.17, 15) is 10.2 Å². The third kappa shape index (κ3) is 2.00. The van der Waals surface area contributed by atoms with Gasteiger partial charge in [0.15, 0.2) is 6.29 Å². The number of ether oxygens (including phenoxy) is 2. The zero-order valence-electron chi connectivity index (χ0n) is 7.88. The SMILES string of the molecule is COC1OC(CN)[C@H](C)[C@@H](O)[C@@H]1O. The standard InChI is InChI=1S/C8H17NO4/c1-4-5(3-9)13-8(12-2)7(11)6(4)10/h4-8,10-11H,3,9H2,1-2H3/t4-,5?,6+,7-,8?/m0/s1. The maximum Gasteiger partial charge on any atom is 0.186 e. The van der Waals surface area contributed by atoms with Crippen molar-refractivity contribution >= 4 is 0 Å². The number of hydrogen-bond acceptors (Lipinski definition) is 5. The number of aliphatic hydroxyl groups is 2. The fourth-order valence-corrected chi connectivity index (χ4v) is 1.53. The lowest BCUT2D eigenvalue weighted by atomic mass is 9.91. The Morgan fingerprint density at radius 3 is 2.46 bits per heavy atom. The summed E-state index contributed by atoms with van der Waals surface area (Å²) in [5.74, 6) is -0.175. The second-order valence-electron chi connectivity index (χ2n) is 3.35. The predicted molar refractivity (Wildman–Crippen MR) is 45.9 cm³/mol. The van der Waals surface area contributed by atoms with Crippen LogP contribution in [-0.2, 0) is 9.47 Å². The highest BCUT2D eigenvalue weighted by molar-refractivity contribution is 4.86. The van der Waals surface area contributed by atoms with E-state index in [0.29, 0.717) is 6.54 Å². The molecule has 1 fully saturated rings. The van der Waals surface area contributed by atoms with E-state index in [4.69, 9.17) is 15.2 Å². The van der Waals surface area contributed by atoms with Gasteiger partial charge in [0.1, 0.15) is 6.10 Å². The average molecular weight is 191 g/mol. The Kier molecular flexibility index (Phi) is 3.63. The summed E-state index contributed by atoms with van der Waals surface area (Å²) >= 11 is 0. The van der Waals surface area contributed by atoms with Crippen molar-refractivity contribution in [3.63, 3.8) is 0 Å². The predicted octanol–water partition coefficient (Wildman–Crippen LogP) is -1.33. The molecule has 1 heterocycles. The van der Waals surface area contributed by atoms with Gasteiger partial charge in [0.2, 0.25) is 0 Å². The van der Waals surface area contributed by atoms with Crippen molar-refractivity contribution in [1.82, 2.24) is 0 Å². The Morgan fingerprint density at radius 2 is 2.00 bits per heavy atom. The third-order valence-electron chi connectivity index (χ3n) is 2.53. The molecule has 0 aromatic carbocycles. The summed E-state index contributed by atoms with van der Waals surface area (Å²) in [6.07, 6.45) is -2.88. The molecule has 5 atom stereocenters. The van der Waals surface area contributed by atoms with Gasteiger partial charge in [0.25, 0.3) is 0 Å². The normalized spacial score (nSPS) is 46.4. The minimum absolute atomic E-state index is 0.175. The molecule has 0 spiro atoms. The quantitative estimate of drug-likeness (QED) is 0.504. The number of aliphatic hydroxyl groups excluding tert-OH is 2. The monoisotopic (exact) mass is 191 g/mol. The van der Waals surface area contributed by atoms with E-state index in [2.05, 4.69) is 0 Å². The summed E-state index contributed by atoms with van der Waals surface area (Å²) in [5, 5.41) is 19.1. The average Bonchev–Trinajstić information content (AvgIpc) is 2.15. The minimum atomic E-state index is -0.997. The van der Waals surface area contributed by atoms with E-state index in [1.54, 1.807) is 6.92 Å². The van der Waals surface area contributed by atoms with E-state index in [1.807, 2.05) is 0 Å². The van der Waals surface area contributed by atoms with Crippen molar-refractivity contribution in [1.29, 1.82) is 0 Å². The zero-order valence-corrected chi connectivity index (χ0v) is 7.88. The highest BCUT2D eigenvalue weighted by Crippen LogP contribution is 2.25. The van der Waals surface area contributed by atoms with Crippen LogP contribution in [0.2, 0.25) is 0 Å². The smallest absolute Gasteiger partial charge is 0.186 e. The Bertz CT molecular complexity index is 146. The van der Waals surface area contributed by atoms with Crippen molar-refractivity contribution in [2.75, 3.05) is 13.7 Å². The maximum atomic E-state index is 9.58. The molecule has 2 unspecified atom stereocenters.